The summed E-state index contributed by atoms with van der Waals surface area (Å²) in [6, 6.07) is 4.32. The summed E-state index contributed by atoms with van der Waals surface area (Å²) < 4.78 is 53.1. The highest BCUT2D eigenvalue weighted by molar-refractivity contribution is 9.10. The van der Waals surface area contributed by atoms with E-state index in [0.717, 1.165) is 30.3 Å². The molecule has 0 aliphatic carbocycles. The second-order valence-electron chi connectivity index (χ2n) is 4.31. The molecule has 0 saturated carbocycles. The van der Waals surface area contributed by atoms with Gasteiger partial charge in [0.15, 0.2) is 0 Å². The summed E-state index contributed by atoms with van der Waals surface area (Å²) in [5.41, 5.74) is 0.349. The Balaban J connectivity index is 2.30. The van der Waals surface area contributed by atoms with E-state index in [-0.39, 0.29) is 10.2 Å². The average molecular weight is 348 g/mol. The van der Waals surface area contributed by atoms with Crippen molar-refractivity contribution in [1.82, 2.24) is 0 Å². The standard InChI is InChI=1S/C14H10BrF4N/c1-7(8-2-9(16)4-10(17)3-8)20-14-12(15)5-11(18)6-13(14)19/h2-7,20H,1H3. The third kappa shape index (κ3) is 3.30. The van der Waals surface area contributed by atoms with Crippen LogP contribution in [0.1, 0.15) is 18.5 Å². The lowest BCUT2D eigenvalue weighted by atomic mass is 10.1. The Morgan fingerprint density at radius 3 is 2.00 bits per heavy atom. The Labute approximate surface area is 121 Å². The molecule has 0 aliphatic heterocycles. The third-order valence-electron chi connectivity index (χ3n) is 2.75. The molecule has 0 spiro atoms. The van der Waals surface area contributed by atoms with Gasteiger partial charge in [0.05, 0.1) is 5.69 Å². The van der Waals surface area contributed by atoms with Crippen LogP contribution in [-0.4, -0.2) is 0 Å². The first kappa shape index (κ1) is 14.8. The summed E-state index contributed by atoms with van der Waals surface area (Å²) in [6.07, 6.45) is 0. The van der Waals surface area contributed by atoms with E-state index in [9.17, 15) is 17.6 Å². The van der Waals surface area contributed by atoms with Gasteiger partial charge in [-0.05, 0) is 46.6 Å². The molecule has 2 aromatic rings. The molecule has 0 aliphatic rings. The number of halogens is 5. The van der Waals surface area contributed by atoms with Crippen molar-refractivity contribution in [3.8, 4) is 0 Å². The Kier molecular flexibility index (Phi) is 4.32. The van der Waals surface area contributed by atoms with Gasteiger partial charge in [0.1, 0.15) is 23.3 Å². The summed E-state index contributed by atoms with van der Waals surface area (Å²) in [4.78, 5) is 0. The van der Waals surface area contributed by atoms with Crippen molar-refractivity contribution in [3.05, 3.63) is 63.6 Å². The molecule has 1 unspecified atom stereocenters. The Morgan fingerprint density at radius 2 is 1.45 bits per heavy atom. The zero-order valence-electron chi connectivity index (χ0n) is 10.4. The van der Waals surface area contributed by atoms with Crippen LogP contribution in [0.25, 0.3) is 0 Å². The highest BCUT2D eigenvalue weighted by atomic mass is 79.9. The largest absolute Gasteiger partial charge is 0.375 e. The summed E-state index contributed by atoms with van der Waals surface area (Å²) in [5, 5.41) is 2.75. The molecule has 1 atom stereocenters. The molecule has 0 amide bonds. The van der Waals surface area contributed by atoms with Crippen LogP contribution in [0.4, 0.5) is 23.2 Å². The van der Waals surface area contributed by atoms with Crippen LogP contribution >= 0.6 is 15.9 Å². The minimum atomic E-state index is -0.791. The van der Waals surface area contributed by atoms with Gasteiger partial charge in [-0.3, -0.25) is 0 Å². The lowest BCUT2D eigenvalue weighted by molar-refractivity contribution is 0.575. The average Bonchev–Trinajstić information content (AvgIpc) is 2.32. The monoisotopic (exact) mass is 347 g/mol. The molecule has 6 heteroatoms. The van der Waals surface area contributed by atoms with Crippen LogP contribution in [-0.2, 0) is 0 Å². The molecule has 106 valence electrons. The number of rotatable bonds is 3. The minimum Gasteiger partial charge on any atom is -0.375 e. The van der Waals surface area contributed by atoms with Crippen LogP contribution in [0.5, 0.6) is 0 Å². The predicted molar refractivity (Wildman–Crippen MR) is 72.5 cm³/mol. The van der Waals surface area contributed by atoms with E-state index in [1.807, 2.05) is 0 Å². The normalized spacial score (nSPS) is 12.3. The van der Waals surface area contributed by atoms with E-state index in [1.165, 1.54) is 0 Å². The lowest BCUT2D eigenvalue weighted by Gasteiger charge is -2.17. The molecule has 0 heterocycles. The van der Waals surface area contributed by atoms with Gasteiger partial charge in [-0.15, -0.1) is 0 Å². The maximum Gasteiger partial charge on any atom is 0.150 e. The highest BCUT2D eigenvalue weighted by Crippen LogP contribution is 2.30. The van der Waals surface area contributed by atoms with Gasteiger partial charge in [0.25, 0.3) is 0 Å². The summed E-state index contributed by atoms with van der Waals surface area (Å²) in [6.45, 7) is 1.61. The molecule has 0 fully saturated rings. The van der Waals surface area contributed by atoms with Gasteiger partial charge in [-0.1, -0.05) is 0 Å². The number of hydrogen-bond donors (Lipinski definition) is 1. The number of benzene rings is 2. The van der Waals surface area contributed by atoms with Gasteiger partial charge >= 0.3 is 0 Å². The molecule has 0 bridgehead atoms. The van der Waals surface area contributed by atoms with E-state index >= 15 is 0 Å². The van der Waals surface area contributed by atoms with Crippen molar-refractivity contribution >= 4 is 21.6 Å². The molecule has 1 nitrogen and oxygen atoms in total. The maximum atomic E-state index is 13.7. The van der Waals surface area contributed by atoms with Gasteiger partial charge in [-0.25, -0.2) is 17.6 Å². The SMILES string of the molecule is CC(Nc1c(F)cc(F)cc1Br)c1cc(F)cc(F)c1. The minimum absolute atomic E-state index is 0.0311. The Morgan fingerprint density at radius 1 is 0.900 bits per heavy atom. The van der Waals surface area contributed by atoms with Crippen LogP contribution < -0.4 is 5.32 Å². The zero-order valence-corrected chi connectivity index (χ0v) is 11.9. The third-order valence-corrected chi connectivity index (χ3v) is 3.38. The first-order valence-electron chi connectivity index (χ1n) is 5.74. The first-order chi connectivity index (χ1) is 9.36. The van der Waals surface area contributed by atoms with Crippen LogP contribution in [0.15, 0.2) is 34.8 Å². The summed E-state index contributed by atoms with van der Waals surface area (Å²) in [5.74, 6) is -2.94. The van der Waals surface area contributed by atoms with Gasteiger partial charge in [0.2, 0.25) is 0 Å². The van der Waals surface area contributed by atoms with Crippen molar-refractivity contribution in [3.63, 3.8) is 0 Å². The fraction of sp³-hybridized carbons (Fsp3) is 0.143. The smallest absolute Gasteiger partial charge is 0.150 e. The number of hydrogen-bond acceptors (Lipinski definition) is 1. The van der Waals surface area contributed by atoms with Gasteiger partial charge in [-0.2, -0.15) is 0 Å². The molecule has 2 rings (SSSR count). The summed E-state index contributed by atoms with van der Waals surface area (Å²) in [7, 11) is 0. The number of nitrogens with one attached hydrogen (secondary N) is 1. The predicted octanol–water partition coefficient (Wildman–Crippen LogP) is 5.18. The van der Waals surface area contributed by atoms with Crippen LogP contribution in [0, 0.1) is 23.3 Å². The van der Waals surface area contributed by atoms with E-state index in [1.54, 1.807) is 6.92 Å². The molecule has 2 aromatic carbocycles. The molecule has 0 aromatic heterocycles. The van der Waals surface area contributed by atoms with Crippen molar-refractivity contribution in [2.75, 3.05) is 5.32 Å². The van der Waals surface area contributed by atoms with Crippen molar-refractivity contribution in [1.29, 1.82) is 0 Å². The maximum absolute atomic E-state index is 13.7. The van der Waals surface area contributed by atoms with E-state index in [4.69, 9.17) is 0 Å². The van der Waals surface area contributed by atoms with Crippen molar-refractivity contribution in [2.45, 2.75) is 13.0 Å². The molecule has 1 N–H and O–H groups in total. The number of anilines is 1. The highest BCUT2D eigenvalue weighted by Gasteiger charge is 2.14. The molecule has 0 saturated heterocycles. The van der Waals surface area contributed by atoms with Crippen LogP contribution in [0.3, 0.4) is 0 Å². The fourth-order valence-electron chi connectivity index (χ4n) is 1.81. The van der Waals surface area contributed by atoms with Crippen molar-refractivity contribution < 1.29 is 17.6 Å². The quantitative estimate of drug-likeness (QED) is 0.754. The molecular weight excluding hydrogens is 338 g/mol. The molecule has 20 heavy (non-hydrogen) atoms. The Bertz CT molecular complexity index is 602. The molecular formula is C14H10BrF4N. The lowest BCUT2D eigenvalue weighted by Crippen LogP contribution is -2.09. The van der Waals surface area contributed by atoms with E-state index in [2.05, 4.69) is 21.2 Å². The Hall–Kier alpha value is -1.56. The van der Waals surface area contributed by atoms with Gasteiger partial charge in [0, 0.05) is 22.6 Å². The van der Waals surface area contributed by atoms with E-state index in [0.29, 0.717) is 5.56 Å². The fourth-order valence-corrected chi connectivity index (χ4v) is 2.33. The van der Waals surface area contributed by atoms with Crippen molar-refractivity contribution in [2.24, 2.45) is 0 Å². The second kappa shape index (κ2) is 5.83. The topological polar surface area (TPSA) is 12.0 Å². The van der Waals surface area contributed by atoms with Crippen LogP contribution in [0.2, 0.25) is 0 Å². The molecule has 0 radical (unpaired) electrons. The second-order valence-corrected chi connectivity index (χ2v) is 5.17. The summed E-state index contributed by atoms with van der Waals surface area (Å²) >= 11 is 3.04. The van der Waals surface area contributed by atoms with E-state index < -0.39 is 29.3 Å². The zero-order chi connectivity index (χ0) is 14.9. The van der Waals surface area contributed by atoms with Gasteiger partial charge < -0.3 is 5.32 Å². The first-order valence-corrected chi connectivity index (χ1v) is 6.53.